The second kappa shape index (κ2) is 4.93. The fourth-order valence-electron chi connectivity index (χ4n) is 3.42. The molecule has 0 bridgehead atoms. The molecular formula is C16H20N2O2. The van der Waals surface area contributed by atoms with Crippen LogP contribution in [-0.4, -0.2) is 17.9 Å². The highest BCUT2D eigenvalue weighted by Crippen LogP contribution is 2.32. The highest BCUT2D eigenvalue weighted by Gasteiger charge is 2.29. The molecular weight excluding hydrogens is 252 g/mol. The molecule has 1 saturated carbocycles. The number of nitrogens with one attached hydrogen (secondary N) is 2. The summed E-state index contributed by atoms with van der Waals surface area (Å²) in [6.45, 7) is 4.55. The van der Waals surface area contributed by atoms with Gasteiger partial charge in [-0.2, -0.15) is 0 Å². The first kappa shape index (κ1) is 13.2. The van der Waals surface area contributed by atoms with Gasteiger partial charge in [-0.15, -0.1) is 0 Å². The van der Waals surface area contributed by atoms with Crippen LogP contribution < -0.4 is 10.6 Å². The van der Waals surface area contributed by atoms with Crippen LogP contribution in [0.2, 0.25) is 0 Å². The molecule has 2 atom stereocenters. The zero-order chi connectivity index (χ0) is 14.3. The maximum atomic E-state index is 11.7. The number of hydrogen-bond acceptors (Lipinski definition) is 3. The second-order valence-electron chi connectivity index (χ2n) is 6.10. The molecule has 4 nitrogen and oxygen atoms in total. The van der Waals surface area contributed by atoms with E-state index in [-0.39, 0.29) is 11.8 Å². The summed E-state index contributed by atoms with van der Waals surface area (Å²) in [7, 11) is 0. The number of fused-ring (bicyclic) bond motifs is 1. The summed E-state index contributed by atoms with van der Waals surface area (Å²) in [5, 5.41) is 5.88. The SMILES string of the molecule is CC1CCCC(C)C1Nc1ccc2c(c1)C(=O)NC2=O. The van der Waals surface area contributed by atoms with E-state index in [1.807, 2.05) is 6.07 Å². The van der Waals surface area contributed by atoms with E-state index in [2.05, 4.69) is 24.5 Å². The van der Waals surface area contributed by atoms with Crippen molar-refractivity contribution in [2.45, 2.75) is 39.2 Å². The van der Waals surface area contributed by atoms with E-state index in [0.717, 1.165) is 5.69 Å². The smallest absolute Gasteiger partial charge is 0.259 e. The van der Waals surface area contributed by atoms with Gasteiger partial charge < -0.3 is 5.32 Å². The van der Waals surface area contributed by atoms with E-state index in [0.29, 0.717) is 29.0 Å². The number of anilines is 1. The molecule has 1 aliphatic heterocycles. The molecule has 2 unspecified atom stereocenters. The van der Waals surface area contributed by atoms with Gasteiger partial charge in [-0.05, 0) is 42.9 Å². The standard InChI is InChI=1S/C16H20N2O2/c1-9-4-3-5-10(2)14(9)17-11-6-7-12-13(8-11)16(20)18-15(12)19/h6-10,14,17H,3-5H2,1-2H3,(H,18,19,20). The van der Waals surface area contributed by atoms with E-state index in [4.69, 9.17) is 0 Å². The van der Waals surface area contributed by atoms with E-state index >= 15 is 0 Å². The summed E-state index contributed by atoms with van der Waals surface area (Å²) in [6.07, 6.45) is 3.78. The highest BCUT2D eigenvalue weighted by molar-refractivity contribution is 6.21. The molecule has 0 saturated heterocycles. The zero-order valence-electron chi connectivity index (χ0n) is 11.9. The fourth-order valence-corrected chi connectivity index (χ4v) is 3.42. The maximum absolute atomic E-state index is 11.7. The number of hydrogen-bond donors (Lipinski definition) is 2. The van der Waals surface area contributed by atoms with Crippen LogP contribution in [0.4, 0.5) is 5.69 Å². The Bertz CT molecular complexity index is 558. The Morgan fingerprint density at radius 2 is 1.70 bits per heavy atom. The van der Waals surface area contributed by atoms with Crippen LogP contribution in [-0.2, 0) is 0 Å². The van der Waals surface area contributed by atoms with E-state index in [1.54, 1.807) is 12.1 Å². The predicted octanol–water partition coefficient (Wildman–Crippen LogP) is 2.81. The van der Waals surface area contributed by atoms with Crippen molar-refractivity contribution in [3.05, 3.63) is 29.3 Å². The summed E-state index contributed by atoms with van der Waals surface area (Å²) in [5.74, 6) is 0.666. The van der Waals surface area contributed by atoms with Gasteiger partial charge in [0.15, 0.2) is 0 Å². The van der Waals surface area contributed by atoms with E-state index in [1.165, 1.54) is 19.3 Å². The van der Waals surface area contributed by atoms with Crippen LogP contribution in [0.15, 0.2) is 18.2 Å². The number of carbonyl (C=O) groups is 2. The average Bonchev–Trinajstić information content (AvgIpc) is 2.69. The second-order valence-corrected chi connectivity index (χ2v) is 6.10. The van der Waals surface area contributed by atoms with Gasteiger partial charge in [0, 0.05) is 11.7 Å². The topological polar surface area (TPSA) is 58.2 Å². The van der Waals surface area contributed by atoms with Crippen LogP contribution in [0.25, 0.3) is 0 Å². The third-order valence-electron chi connectivity index (χ3n) is 4.61. The Hall–Kier alpha value is -1.84. The molecule has 1 heterocycles. The lowest BCUT2D eigenvalue weighted by Crippen LogP contribution is -2.37. The van der Waals surface area contributed by atoms with Gasteiger partial charge in [0.05, 0.1) is 11.1 Å². The molecule has 4 heteroatoms. The summed E-state index contributed by atoms with van der Waals surface area (Å²) < 4.78 is 0. The molecule has 2 aliphatic rings. The van der Waals surface area contributed by atoms with Gasteiger partial charge in [-0.3, -0.25) is 14.9 Å². The normalized spacial score (nSPS) is 29.0. The van der Waals surface area contributed by atoms with Crippen molar-refractivity contribution in [2.75, 3.05) is 5.32 Å². The first-order valence-electron chi connectivity index (χ1n) is 7.32. The molecule has 3 rings (SSSR count). The molecule has 2 amide bonds. The highest BCUT2D eigenvalue weighted by atomic mass is 16.2. The van der Waals surface area contributed by atoms with Gasteiger partial charge in [0.25, 0.3) is 11.8 Å². The van der Waals surface area contributed by atoms with Crippen molar-refractivity contribution >= 4 is 17.5 Å². The van der Waals surface area contributed by atoms with Crippen molar-refractivity contribution in [3.63, 3.8) is 0 Å². The molecule has 20 heavy (non-hydrogen) atoms. The average molecular weight is 272 g/mol. The van der Waals surface area contributed by atoms with Crippen LogP contribution in [0.3, 0.4) is 0 Å². The van der Waals surface area contributed by atoms with Gasteiger partial charge in [-0.25, -0.2) is 0 Å². The maximum Gasteiger partial charge on any atom is 0.259 e. The van der Waals surface area contributed by atoms with Crippen molar-refractivity contribution < 1.29 is 9.59 Å². The molecule has 1 aromatic carbocycles. The molecule has 2 N–H and O–H groups in total. The van der Waals surface area contributed by atoms with Gasteiger partial charge in [0.2, 0.25) is 0 Å². The van der Waals surface area contributed by atoms with Gasteiger partial charge in [-0.1, -0.05) is 20.3 Å². The fraction of sp³-hybridized carbons (Fsp3) is 0.500. The summed E-state index contributed by atoms with van der Waals surface area (Å²) in [6, 6.07) is 5.85. The van der Waals surface area contributed by atoms with Crippen LogP contribution >= 0.6 is 0 Å². The minimum absolute atomic E-state index is 0.293. The zero-order valence-corrected chi connectivity index (χ0v) is 11.9. The minimum atomic E-state index is -0.295. The number of imide groups is 1. The van der Waals surface area contributed by atoms with Crippen molar-refractivity contribution in [3.8, 4) is 0 Å². The molecule has 1 fully saturated rings. The Labute approximate surface area is 118 Å². The van der Waals surface area contributed by atoms with E-state index < -0.39 is 0 Å². The molecule has 1 aliphatic carbocycles. The number of benzene rings is 1. The third kappa shape index (κ3) is 2.19. The first-order chi connectivity index (χ1) is 9.56. The molecule has 1 aromatic rings. The van der Waals surface area contributed by atoms with Crippen molar-refractivity contribution in [1.82, 2.24) is 5.32 Å². The summed E-state index contributed by atoms with van der Waals surface area (Å²) in [4.78, 5) is 23.2. The quantitative estimate of drug-likeness (QED) is 0.814. The first-order valence-corrected chi connectivity index (χ1v) is 7.32. The number of amides is 2. The Kier molecular flexibility index (Phi) is 3.24. The van der Waals surface area contributed by atoms with Gasteiger partial charge in [0.1, 0.15) is 0 Å². The number of rotatable bonds is 2. The van der Waals surface area contributed by atoms with E-state index in [9.17, 15) is 9.59 Å². The third-order valence-corrected chi connectivity index (χ3v) is 4.61. The minimum Gasteiger partial charge on any atom is -0.382 e. The lowest BCUT2D eigenvalue weighted by atomic mass is 9.78. The monoisotopic (exact) mass is 272 g/mol. The number of carbonyl (C=O) groups excluding carboxylic acids is 2. The Morgan fingerprint density at radius 3 is 2.40 bits per heavy atom. The summed E-state index contributed by atoms with van der Waals surface area (Å²) in [5.41, 5.74) is 1.89. The lowest BCUT2D eigenvalue weighted by molar-refractivity contribution is 0.0879. The van der Waals surface area contributed by atoms with Crippen LogP contribution in [0.5, 0.6) is 0 Å². The predicted molar refractivity (Wildman–Crippen MR) is 77.8 cm³/mol. The summed E-state index contributed by atoms with van der Waals surface area (Å²) >= 11 is 0. The van der Waals surface area contributed by atoms with Crippen molar-refractivity contribution in [2.24, 2.45) is 11.8 Å². The molecule has 106 valence electrons. The Morgan fingerprint density at radius 1 is 1.05 bits per heavy atom. The van der Waals surface area contributed by atoms with Crippen LogP contribution in [0, 0.1) is 11.8 Å². The molecule has 0 spiro atoms. The largest absolute Gasteiger partial charge is 0.382 e. The van der Waals surface area contributed by atoms with Crippen molar-refractivity contribution in [1.29, 1.82) is 0 Å². The molecule has 0 radical (unpaired) electrons. The van der Waals surface area contributed by atoms with Crippen LogP contribution in [0.1, 0.15) is 53.8 Å². The molecule has 0 aromatic heterocycles. The van der Waals surface area contributed by atoms with Gasteiger partial charge >= 0.3 is 0 Å². The Balaban J connectivity index is 1.83. The lowest BCUT2D eigenvalue weighted by Gasteiger charge is -2.36.